The molecule has 0 aliphatic carbocycles. The molecule has 0 fully saturated rings. The van der Waals surface area contributed by atoms with E-state index in [0.717, 1.165) is 5.35 Å². The van der Waals surface area contributed by atoms with E-state index in [2.05, 4.69) is 21.5 Å². The summed E-state index contributed by atoms with van der Waals surface area (Å²) in [5.41, 5.74) is 0.669. The lowest BCUT2D eigenvalue weighted by atomic mass is 10.4. The van der Waals surface area contributed by atoms with Gasteiger partial charge in [0.05, 0.1) is 11.0 Å². The van der Waals surface area contributed by atoms with E-state index in [1.165, 1.54) is 6.33 Å². The monoisotopic (exact) mass is 165 g/mol. The fourth-order valence-corrected chi connectivity index (χ4v) is 1.10. The van der Waals surface area contributed by atoms with E-state index in [1.807, 2.05) is 0 Å². The second kappa shape index (κ2) is 2.13. The summed E-state index contributed by atoms with van der Waals surface area (Å²) in [4.78, 5) is 11.8. The fraction of sp³-hybridized carbons (Fsp3) is 0. The molecule has 0 bridgehead atoms. The van der Waals surface area contributed by atoms with E-state index in [9.17, 15) is 0 Å². The minimum absolute atomic E-state index is 0.380. The second-order valence-electron chi connectivity index (χ2n) is 2.15. The Morgan fingerprint density at radius 2 is 2.18 bits per heavy atom. The van der Waals surface area contributed by atoms with Gasteiger partial charge in [0, 0.05) is 0 Å². The number of halogens is 1. The third-order valence-corrected chi connectivity index (χ3v) is 1.64. The Hall–Kier alpha value is -1.22. The van der Waals surface area contributed by atoms with Crippen LogP contribution >= 0.6 is 11.6 Å². The van der Waals surface area contributed by atoms with Gasteiger partial charge in [0.15, 0.2) is 5.15 Å². The molecule has 1 aromatic rings. The van der Waals surface area contributed by atoms with Crippen LogP contribution in [0.15, 0.2) is 23.6 Å². The van der Waals surface area contributed by atoms with Gasteiger partial charge in [-0.3, -0.25) is 0 Å². The molecule has 1 aromatic heterocycles. The summed E-state index contributed by atoms with van der Waals surface area (Å²) in [5, 5.41) is 1.75. The van der Waals surface area contributed by atoms with E-state index < -0.39 is 0 Å². The number of allylic oxidation sites excluding steroid dienone is 1. The van der Waals surface area contributed by atoms with E-state index in [4.69, 9.17) is 11.6 Å². The lowest BCUT2D eigenvalue weighted by molar-refractivity contribution is 1.08. The van der Waals surface area contributed by atoms with Crippen LogP contribution in [0.25, 0.3) is 6.08 Å². The van der Waals surface area contributed by atoms with Crippen molar-refractivity contribution in [2.24, 2.45) is 4.99 Å². The Bertz CT molecular complexity index is 435. The van der Waals surface area contributed by atoms with Gasteiger partial charge in [-0.15, -0.1) is 0 Å². The maximum absolute atomic E-state index is 5.73. The van der Waals surface area contributed by atoms with Gasteiger partial charge in [0.1, 0.15) is 11.7 Å². The van der Waals surface area contributed by atoms with E-state index in [1.54, 1.807) is 6.08 Å². The van der Waals surface area contributed by atoms with Gasteiger partial charge in [-0.2, -0.15) is 0 Å². The Morgan fingerprint density at radius 3 is 2.91 bits per heavy atom. The summed E-state index contributed by atoms with van der Waals surface area (Å²) in [7, 11) is 0. The summed E-state index contributed by atoms with van der Waals surface area (Å²) in [6.07, 6.45) is 3.18. The van der Waals surface area contributed by atoms with Crippen molar-refractivity contribution in [1.29, 1.82) is 0 Å². The minimum atomic E-state index is 0.380. The molecule has 0 radical (unpaired) electrons. The number of hydrogen-bond acceptors (Lipinski definition) is 3. The standard InChI is InChI=1S/C7H4ClN3/c1-4-2-5-6(11-4)7(8)10-3-9-5/h2-3H,1H2. The predicted octanol–water partition coefficient (Wildman–Crippen LogP) is 0.0574. The Kier molecular flexibility index (Phi) is 1.26. The van der Waals surface area contributed by atoms with Crippen LogP contribution in [0.5, 0.6) is 0 Å². The largest absolute Gasteiger partial charge is 0.244 e. The first kappa shape index (κ1) is 6.49. The van der Waals surface area contributed by atoms with Crippen molar-refractivity contribution in [3.8, 4) is 0 Å². The van der Waals surface area contributed by atoms with Gasteiger partial charge in [-0.25, -0.2) is 15.0 Å². The molecule has 0 amide bonds. The lowest BCUT2D eigenvalue weighted by Crippen LogP contribution is -2.26. The van der Waals surface area contributed by atoms with Gasteiger partial charge in [0.25, 0.3) is 0 Å². The molecule has 2 heterocycles. The van der Waals surface area contributed by atoms with Crippen molar-refractivity contribution in [2.45, 2.75) is 0 Å². The highest BCUT2D eigenvalue weighted by atomic mass is 35.5. The van der Waals surface area contributed by atoms with Crippen molar-refractivity contribution in [1.82, 2.24) is 9.97 Å². The lowest BCUT2D eigenvalue weighted by Gasteiger charge is -1.84. The Morgan fingerprint density at radius 1 is 1.36 bits per heavy atom. The molecular weight excluding hydrogens is 162 g/mol. The highest BCUT2D eigenvalue weighted by molar-refractivity contribution is 6.29. The zero-order valence-electron chi connectivity index (χ0n) is 5.58. The first-order valence-electron chi connectivity index (χ1n) is 3.03. The molecule has 0 atom stereocenters. The summed E-state index contributed by atoms with van der Waals surface area (Å²) in [5.74, 6) is 0. The van der Waals surface area contributed by atoms with Crippen LogP contribution in [0.3, 0.4) is 0 Å². The number of aromatic nitrogens is 2. The minimum Gasteiger partial charge on any atom is -0.244 e. The van der Waals surface area contributed by atoms with Crippen LogP contribution in [-0.4, -0.2) is 9.97 Å². The van der Waals surface area contributed by atoms with Crippen molar-refractivity contribution in [3.63, 3.8) is 0 Å². The van der Waals surface area contributed by atoms with Crippen LogP contribution in [0.1, 0.15) is 0 Å². The van der Waals surface area contributed by atoms with Crippen molar-refractivity contribution in [2.75, 3.05) is 0 Å². The SMILES string of the molecule is C=C1C=c2ncnc(Cl)c2=N1. The molecule has 1 aliphatic rings. The maximum atomic E-state index is 5.73. The summed E-state index contributed by atoms with van der Waals surface area (Å²) >= 11 is 5.73. The first-order valence-corrected chi connectivity index (χ1v) is 3.41. The zero-order valence-corrected chi connectivity index (χ0v) is 6.34. The van der Waals surface area contributed by atoms with Gasteiger partial charge in [-0.05, 0) is 6.08 Å². The molecule has 0 unspecified atom stereocenters. The number of fused-ring (bicyclic) bond motifs is 1. The molecule has 0 aromatic carbocycles. The third-order valence-electron chi connectivity index (χ3n) is 1.36. The molecule has 1 aliphatic heterocycles. The topological polar surface area (TPSA) is 38.1 Å². The number of hydrogen-bond donors (Lipinski definition) is 0. The third kappa shape index (κ3) is 0.935. The molecule has 0 N–H and O–H groups in total. The average molecular weight is 166 g/mol. The predicted molar refractivity (Wildman–Crippen MR) is 41.4 cm³/mol. The van der Waals surface area contributed by atoms with Crippen molar-refractivity contribution >= 4 is 17.7 Å². The van der Waals surface area contributed by atoms with Gasteiger partial charge in [-0.1, -0.05) is 18.2 Å². The average Bonchev–Trinajstić information content (AvgIpc) is 2.31. The number of nitrogens with zero attached hydrogens (tertiary/aromatic N) is 3. The normalized spacial score (nSPS) is 13.7. The van der Waals surface area contributed by atoms with Gasteiger partial charge >= 0.3 is 0 Å². The summed E-state index contributed by atoms with van der Waals surface area (Å²) < 4.78 is 0. The summed E-state index contributed by atoms with van der Waals surface area (Å²) in [6.45, 7) is 3.66. The molecule has 54 valence electrons. The molecule has 0 spiro atoms. The van der Waals surface area contributed by atoms with Gasteiger partial charge in [0.2, 0.25) is 0 Å². The van der Waals surface area contributed by atoms with E-state index in [0.29, 0.717) is 16.2 Å². The summed E-state index contributed by atoms with van der Waals surface area (Å²) in [6, 6.07) is 0. The maximum Gasteiger partial charge on any atom is 0.158 e. The fourth-order valence-electron chi connectivity index (χ4n) is 0.912. The highest BCUT2D eigenvalue weighted by Crippen LogP contribution is 1.98. The van der Waals surface area contributed by atoms with Crippen LogP contribution in [0.4, 0.5) is 0 Å². The molecule has 3 nitrogen and oxygen atoms in total. The number of rotatable bonds is 0. The van der Waals surface area contributed by atoms with Crippen molar-refractivity contribution in [3.05, 3.63) is 34.5 Å². The molecular formula is C7H4ClN3. The van der Waals surface area contributed by atoms with Crippen molar-refractivity contribution < 1.29 is 0 Å². The van der Waals surface area contributed by atoms with E-state index in [-0.39, 0.29) is 0 Å². The van der Waals surface area contributed by atoms with Crippen LogP contribution in [-0.2, 0) is 0 Å². The van der Waals surface area contributed by atoms with Crippen LogP contribution < -0.4 is 10.7 Å². The molecule has 11 heavy (non-hydrogen) atoms. The Balaban J connectivity index is 2.97. The Labute approximate surface area is 67.8 Å². The highest BCUT2D eigenvalue weighted by Gasteiger charge is 2.02. The van der Waals surface area contributed by atoms with Crippen LogP contribution in [0, 0.1) is 0 Å². The smallest absolute Gasteiger partial charge is 0.158 e. The first-order chi connectivity index (χ1) is 5.27. The zero-order chi connectivity index (χ0) is 7.84. The second-order valence-corrected chi connectivity index (χ2v) is 2.50. The van der Waals surface area contributed by atoms with E-state index >= 15 is 0 Å². The van der Waals surface area contributed by atoms with Crippen LogP contribution in [0.2, 0.25) is 5.15 Å². The molecule has 4 heteroatoms. The quantitative estimate of drug-likeness (QED) is 0.510. The molecule has 2 rings (SSSR count). The molecule has 0 saturated heterocycles. The van der Waals surface area contributed by atoms with Gasteiger partial charge < -0.3 is 0 Å². The molecule has 0 saturated carbocycles.